The van der Waals surface area contributed by atoms with Gasteiger partial charge in [0.2, 0.25) is 10.0 Å². The van der Waals surface area contributed by atoms with Crippen molar-refractivity contribution in [1.82, 2.24) is 4.31 Å². The minimum absolute atomic E-state index is 0.0179. The monoisotopic (exact) mass is 458 g/mol. The Morgan fingerprint density at radius 3 is 2.16 bits per heavy atom. The number of carbonyl (C=O) groups excluding carboxylic acids is 1. The number of hydrogen-bond donors (Lipinski definition) is 1. The number of carbonyl (C=O) groups is 1. The molecule has 0 saturated carbocycles. The van der Waals surface area contributed by atoms with Crippen molar-refractivity contribution in [1.29, 1.82) is 0 Å². The van der Waals surface area contributed by atoms with Gasteiger partial charge in [0.1, 0.15) is 5.82 Å². The molecule has 2 aromatic rings. The van der Waals surface area contributed by atoms with Gasteiger partial charge in [0.05, 0.1) is 16.0 Å². The van der Waals surface area contributed by atoms with Crippen LogP contribution in [0.1, 0.15) is 36.2 Å². The van der Waals surface area contributed by atoms with E-state index in [1.807, 2.05) is 13.8 Å². The first-order chi connectivity index (χ1) is 14.4. The van der Waals surface area contributed by atoms with Gasteiger partial charge >= 0.3 is 6.18 Å². The van der Waals surface area contributed by atoms with Crippen molar-refractivity contribution in [2.45, 2.75) is 31.3 Å². The third-order valence-electron chi connectivity index (χ3n) is 5.13. The summed E-state index contributed by atoms with van der Waals surface area (Å²) in [6.07, 6.45) is -3.63. The molecule has 0 aliphatic carbocycles. The smallest absolute Gasteiger partial charge is 0.322 e. The summed E-state index contributed by atoms with van der Waals surface area (Å²) in [5.41, 5.74) is -1.39. The summed E-state index contributed by atoms with van der Waals surface area (Å²) >= 11 is 0. The van der Waals surface area contributed by atoms with Gasteiger partial charge in [-0.2, -0.15) is 17.5 Å². The zero-order chi connectivity index (χ0) is 23.0. The molecule has 0 aromatic heterocycles. The average molecular weight is 458 g/mol. The van der Waals surface area contributed by atoms with Crippen LogP contribution in [0.15, 0.2) is 47.4 Å². The van der Waals surface area contributed by atoms with Gasteiger partial charge < -0.3 is 5.32 Å². The van der Waals surface area contributed by atoms with Crippen molar-refractivity contribution >= 4 is 21.6 Å². The maximum atomic E-state index is 14.3. The van der Waals surface area contributed by atoms with Gasteiger partial charge in [-0.05, 0) is 60.7 Å². The van der Waals surface area contributed by atoms with E-state index >= 15 is 0 Å². The number of nitrogens with zero attached hydrogens (tertiary/aromatic N) is 1. The highest BCUT2D eigenvalue weighted by Gasteiger charge is 2.33. The van der Waals surface area contributed by atoms with Crippen molar-refractivity contribution in [3.63, 3.8) is 0 Å². The zero-order valence-electron chi connectivity index (χ0n) is 16.9. The number of rotatable bonds is 4. The minimum Gasteiger partial charge on any atom is -0.322 e. The maximum Gasteiger partial charge on any atom is 0.416 e. The van der Waals surface area contributed by atoms with Gasteiger partial charge in [-0.15, -0.1) is 0 Å². The van der Waals surface area contributed by atoms with Crippen LogP contribution in [-0.2, 0) is 16.2 Å². The summed E-state index contributed by atoms with van der Waals surface area (Å²) in [6, 6.07) is 6.59. The summed E-state index contributed by atoms with van der Waals surface area (Å²) in [5, 5.41) is 2.30. The number of halogens is 4. The number of amides is 1. The lowest BCUT2D eigenvalue weighted by atomic mass is 9.94. The Kier molecular flexibility index (Phi) is 6.43. The van der Waals surface area contributed by atoms with E-state index in [2.05, 4.69) is 5.32 Å². The second kappa shape index (κ2) is 8.58. The van der Waals surface area contributed by atoms with Crippen molar-refractivity contribution in [3.05, 3.63) is 59.4 Å². The molecule has 1 saturated heterocycles. The van der Waals surface area contributed by atoms with E-state index in [0.717, 1.165) is 48.9 Å². The maximum absolute atomic E-state index is 14.3. The van der Waals surface area contributed by atoms with Gasteiger partial charge in [0, 0.05) is 18.8 Å². The number of anilines is 1. The second-order valence-corrected chi connectivity index (χ2v) is 9.88. The Morgan fingerprint density at radius 2 is 1.61 bits per heavy atom. The predicted molar refractivity (Wildman–Crippen MR) is 108 cm³/mol. The average Bonchev–Trinajstić information content (AvgIpc) is 2.67. The van der Waals surface area contributed by atoms with E-state index in [4.69, 9.17) is 0 Å². The quantitative estimate of drug-likeness (QED) is 0.672. The van der Waals surface area contributed by atoms with Crippen molar-refractivity contribution < 1.29 is 30.8 Å². The number of benzene rings is 2. The molecule has 0 radical (unpaired) electrons. The molecule has 168 valence electrons. The van der Waals surface area contributed by atoms with Crippen molar-refractivity contribution in [2.75, 3.05) is 18.4 Å². The molecule has 1 amide bonds. The summed E-state index contributed by atoms with van der Waals surface area (Å²) in [4.78, 5) is 12.3. The first kappa shape index (κ1) is 23.2. The van der Waals surface area contributed by atoms with E-state index in [0.29, 0.717) is 13.1 Å². The predicted octanol–water partition coefficient (Wildman–Crippen LogP) is 4.76. The van der Waals surface area contributed by atoms with E-state index in [1.54, 1.807) is 0 Å². The van der Waals surface area contributed by atoms with E-state index in [1.165, 1.54) is 4.31 Å². The molecule has 1 heterocycles. The standard InChI is InChI=1S/C21H22F4N2O3S/c1-13-9-14(2)12-27(11-13)31(29,30)17-7-8-19(22)18(10-17)20(28)26-16-5-3-15(4-6-16)21(23,24)25/h3-8,10,13-14H,9,11-12H2,1-2H3,(H,26,28)/t13-,14+. The van der Waals surface area contributed by atoms with Crippen LogP contribution < -0.4 is 5.32 Å². The topological polar surface area (TPSA) is 66.5 Å². The summed E-state index contributed by atoms with van der Waals surface area (Å²) in [7, 11) is -3.93. The first-order valence-electron chi connectivity index (χ1n) is 9.66. The molecule has 31 heavy (non-hydrogen) atoms. The third-order valence-corrected chi connectivity index (χ3v) is 6.95. The molecule has 2 atom stereocenters. The fraction of sp³-hybridized carbons (Fsp3) is 0.381. The lowest BCUT2D eigenvalue weighted by Gasteiger charge is -2.34. The normalized spacial score (nSPS) is 20.5. The van der Waals surface area contributed by atoms with Crippen LogP contribution in [0.25, 0.3) is 0 Å². The third kappa shape index (κ3) is 5.24. The molecule has 10 heteroatoms. The molecular weight excluding hydrogens is 436 g/mol. The van der Waals surface area contributed by atoms with Crippen LogP contribution >= 0.6 is 0 Å². The molecule has 0 bridgehead atoms. The molecule has 1 aliphatic rings. The molecule has 0 unspecified atom stereocenters. The molecule has 5 nitrogen and oxygen atoms in total. The lowest BCUT2D eigenvalue weighted by molar-refractivity contribution is -0.137. The van der Waals surface area contributed by atoms with Gasteiger partial charge in [0.25, 0.3) is 5.91 Å². The summed E-state index contributed by atoms with van der Waals surface area (Å²) < 4.78 is 79.6. The zero-order valence-corrected chi connectivity index (χ0v) is 17.7. The van der Waals surface area contributed by atoms with E-state index < -0.39 is 39.1 Å². The summed E-state index contributed by atoms with van der Waals surface area (Å²) in [6.45, 7) is 4.56. The van der Waals surface area contributed by atoms with Crippen LogP contribution in [0.4, 0.5) is 23.2 Å². The number of nitrogens with one attached hydrogen (secondary N) is 1. The lowest BCUT2D eigenvalue weighted by Crippen LogP contribution is -2.42. The first-order valence-corrected chi connectivity index (χ1v) is 11.1. The van der Waals surface area contributed by atoms with Crippen LogP contribution in [0, 0.1) is 17.7 Å². The highest BCUT2D eigenvalue weighted by Crippen LogP contribution is 2.30. The second-order valence-electron chi connectivity index (χ2n) is 7.94. The van der Waals surface area contributed by atoms with E-state index in [9.17, 15) is 30.8 Å². The summed E-state index contributed by atoms with van der Waals surface area (Å²) in [5.74, 6) is -1.57. The Morgan fingerprint density at radius 1 is 1.03 bits per heavy atom. The van der Waals surface area contributed by atoms with Gasteiger partial charge in [0.15, 0.2) is 0 Å². The minimum atomic E-state index is -4.53. The Labute approximate surface area is 178 Å². The molecule has 3 rings (SSSR count). The Balaban J connectivity index is 1.84. The molecule has 1 fully saturated rings. The van der Waals surface area contributed by atoms with Crippen LogP contribution in [-0.4, -0.2) is 31.7 Å². The molecule has 1 aliphatic heterocycles. The molecule has 0 spiro atoms. The van der Waals surface area contributed by atoms with Crippen molar-refractivity contribution in [2.24, 2.45) is 11.8 Å². The Bertz CT molecular complexity index is 1060. The van der Waals surface area contributed by atoms with E-state index in [-0.39, 0.29) is 22.4 Å². The Hall–Kier alpha value is -2.46. The van der Waals surface area contributed by atoms with Crippen LogP contribution in [0.3, 0.4) is 0 Å². The van der Waals surface area contributed by atoms with Crippen molar-refractivity contribution in [3.8, 4) is 0 Å². The molecule has 1 N–H and O–H groups in total. The van der Waals surface area contributed by atoms with Crippen LogP contribution in [0.2, 0.25) is 0 Å². The fourth-order valence-electron chi connectivity index (χ4n) is 3.73. The molecule has 2 aromatic carbocycles. The number of hydrogen-bond acceptors (Lipinski definition) is 3. The number of sulfonamides is 1. The SMILES string of the molecule is C[C@@H]1C[C@H](C)CN(S(=O)(=O)c2ccc(F)c(C(=O)Nc3ccc(C(F)(F)F)cc3)c2)C1. The number of alkyl halides is 3. The molecular formula is C21H22F4N2O3S. The van der Waals surface area contributed by atoms with Crippen LogP contribution in [0.5, 0.6) is 0 Å². The highest BCUT2D eigenvalue weighted by molar-refractivity contribution is 7.89. The van der Waals surface area contributed by atoms with Gasteiger partial charge in [-0.1, -0.05) is 13.8 Å². The number of piperidine rings is 1. The highest BCUT2D eigenvalue weighted by atomic mass is 32.2. The van der Waals surface area contributed by atoms with Gasteiger partial charge in [-0.3, -0.25) is 4.79 Å². The largest absolute Gasteiger partial charge is 0.416 e. The fourth-order valence-corrected chi connectivity index (χ4v) is 5.44. The van der Waals surface area contributed by atoms with Gasteiger partial charge in [-0.25, -0.2) is 12.8 Å².